The van der Waals surface area contributed by atoms with Crippen molar-refractivity contribution in [1.82, 2.24) is 16.0 Å². The molecule has 0 aliphatic carbocycles. The Kier molecular flexibility index (Phi) is 4.05. The molecule has 0 saturated carbocycles. The summed E-state index contributed by atoms with van der Waals surface area (Å²) < 4.78 is 0. The Bertz CT molecular complexity index is 251. The fraction of sp³-hybridized carbons (Fsp3) is 0.778. The number of likely N-dealkylation sites (N-methyl/N-ethyl adjacent to an activating group) is 1. The van der Waals surface area contributed by atoms with E-state index in [1.807, 2.05) is 6.92 Å². The van der Waals surface area contributed by atoms with Gasteiger partial charge in [-0.1, -0.05) is 0 Å². The molecule has 6 heteroatoms. The van der Waals surface area contributed by atoms with Gasteiger partial charge in [0.25, 0.3) is 0 Å². The van der Waals surface area contributed by atoms with Crippen LogP contribution < -0.4 is 16.0 Å². The van der Waals surface area contributed by atoms with Gasteiger partial charge in [-0.15, -0.1) is 0 Å². The minimum Gasteiger partial charge on any atom is -0.481 e. The predicted molar refractivity (Wildman–Crippen MR) is 54.5 cm³/mol. The van der Waals surface area contributed by atoms with Gasteiger partial charge in [0.1, 0.15) is 0 Å². The molecule has 1 amide bonds. The molecule has 0 atom stereocenters. The summed E-state index contributed by atoms with van der Waals surface area (Å²) in [5.41, 5.74) is -0.448. The lowest BCUT2D eigenvalue weighted by Crippen LogP contribution is -2.69. The van der Waals surface area contributed by atoms with Crippen LogP contribution in [0.4, 0.5) is 0 Å². The van der Waals surface area contributed by atoms with Crippen LogP contribution in [0.3, 0.4) is 0 Å². The first-order valence-corrected chi connectivity index (χ1v) is 5.02. The Morgan fingerprint density at radius 2 is 2.13 bits per heavy atom. The second-order valence-corrected chi connectivity index (χ2v) is 3.76. The Labute approximate surface area is 88.4 Å². The van der Waals surface area contributed by atoms with E-state index in [1.165, 1.54) is 0 Å². The molecule has 1 aliphatic rings. The third kappa shape index (κ3) is 3.49. The lowest BCUT2D eigenvalue weighted by molar-refractivity contribution is -0.139. The van der Waals surface area contributed by atoms with Crippen molar-refractivity contribution in [3.8, 4) is 0 Å². The number of aliphatic carboxylic acids is 1. The molecule has 86 valence electrons. The minimum absolute atomic E-state index is 0.0411. The fourth-order valence-electron chi connectivity index (χ4n) is 1.56. The number of amides is 1. The maximum atomic E-state index is 11.2. The smallest absolute Gasteiger partial charge is 0.305 e. The highest BCUT2D eigenvalue weighted by Gasteiger charge is 2.38. The normalized spacial score (nSPS) is 17.9. The summed E-state index contributed by atoms with van der Waals surface area (Å²) in [5.74, 6) is -0.950. The van der Waals surface area contributed by atoms with Crippen LogP contribution in [0.5, 0.6) is 0 Å². The van der Waals surface area contributed by atoms with Crippen LogP contribution in [0, 0.1) is 0 Å². The van der Waals surface area contributed by atoms with Gasteiger partial charge in [0, 0.05) is 19.6 Å². The maximum Gasteiger partial charge on any atom is 0.305 e. The van der Waals surface area contributed by atoms with Crippen LogP contribution >= 0.6 is 0 Å². The van der Waals surface area contributed by atoms with Crippen molar-refractivity contribution in [1.29, 1.82) is 0 Å². The molecule has 1 aliphatic heterocycles. The zero-order valence-corrected chi connectivity index (χ0v) is 8.80. The Morgan fingerprint density at radius 1 is 1.47 bits per heavy atom. The molecule has 0 aromatic carbocycles. The molecule has 1 rings (SSSR count). The average Bonchev–Trinajstić information content (AvgIpc) is 2.09. The molecule has 0 bridgehead atoms. The average molecular weight is 215 g/mol. The van der Waals surface area contributed by atoms with Crippen LogP contribution in [0.15, 0.2) is 0 Å². The SMILES string of the molecule is CCNC(=O)CNC1(CC(=O)O)CNC1. The van der Waals surface area contributed by atoms with Crippen LogP contribution in [-0.2, 0) is 9.59 Å². The molecular formula is C9H17N3O3. The monoisotopic (exact) mass is 215 g/mol. The quantitative estimate of drug-likeness (QED) is 0.434. The van der Waals surface area contributed by atoms with E-state index in [2.05, 4.69) is 16.0 Å². The molecule has 6 nitrogen and oxygen atoms in total. The van der Waals surface area contributed by atoms with Crippen molar-refractivity contribution in [2.75, 3.05) is 26.2 Å². The first-order chi connectivity index (χ1) is 7.08. The summed E-state index contributed by atoms with van der Waals surface area (Å²) in [6.07, 6.45) is 0.0411. The molecule has 1 saturated heterocycles. The molecule has 4 N–H and O–H groups in total. The van der Waals surface area contributed by atoms with Crippen molar-refractivity contribution in [2.24, 2.45) is 0 Å². The summed E-state index contributed by atoms with van der Waals surface area (Å²) in [6.45, 7) is 3.79. The van der Waals surface area contributed by atoms with Crippen molar-refractivity contribution in [2.45, 2.75) is 18.9 Å². The zero-order valence-electron chi connectivity index (χ0n) is 8.80. The molecule has 1 fully saturated rings. The van der Waals surface area contributed by atoms with E-state index in [9.17, 15) is 9.59 Å². The Morgan fingerprint density at radius 3 is 2.53 bits per heavy atom. The van der Waals surface area contributed by atoms with E-state index >= 15 is 0 Å². The number of carbonyl (C=O) groups excluding carboxylic acids is 1. The zero-order chi connectivity index (χ0) is 11.3. The largest absolute Gasteiger partial charge is 0.481 e. The number of nitrogens with one attached hydrogen (secondary N) is 3. The summed E-state index contributed by atoms with van der Waals surface area (Å²) >= 11 is 0. The summed E-state index contributed by atoms with van der Waals surface area (Å²) in [6, 6.07) is 0. The van der Waals surface area contributed by atoms with Crippen LogP contribution in [0.1, 0.15) is 13.3 Å². The van der Waals surface area contributed by atoms with Crippen molar-refractivity contribution < 1.29 is 14.7 Å². The predicted octanol–water partition coefficient (Wildman–Crippen LogP) is -1.47. The number of hydrogen-bond donors (Lipinski definition) is 4. The maximum absolute atomic E-state index is 11.2. The van der Waals surface area contributed by atoms with Gasteiger partial charge < -0.3 is 15.7 Å². The van der Waals surface area contributed by atoms with E-state index in [0.717, 1.165) is 0 Å². The standard InChI is InChI=1S/C9H17N3O3/c1-2-11-7(13)4-12-9(3-8(14)15)5-10-6-9/h10,12H,2-6H2,1H3,(H,11,13)(H,14,15). The molecular weight excluding hydrogens is 198 g/mol. The fourth-order valence-corrected chi connectivity index (χ4v) is 1.56. The minimum atomic E-state index is -0.847. The first-order valence-electron chi connectivity index (χ1n) is 5.02. The topological polar surface area (TPSA) is 90.5 Å². The number of hydrogen-bond acceptors (Lipinski definition) is 4. The van der Waals surface area contributed by atoms with Crippen LogP contribution in [-0.4, -0.2) is 48.7 Å². The molecule has 0 aromatic rings. The van der Waals surface area contributed by atoms with E-state index in [4.69, 9.17) is 5.11 Å². The summed E-state index contributed by atoms with van der Waals surface area (Å²) in [5, 5.41) is 17.4. The van der Waals surface area contributed by atoms with E-state index in [-0.39, 0.29) is 18.9 Å². The van der Waals surface area contributed by atoms with Crippen LogP contribution in [0.2, 0.25) is 0 Å². The van der Waals surface area contributed by atoms with Gasteiger partial charge >= 0.3 is 5.97 Å². The van der Waals surface area contributed by atoms with Gasteiger partial charge in [0.2, 0.25) is 5.91 Å². The highest BCUT2D eigenvalue weighted by atomic mass is 16.4. The molecule has 15 heavy (non-hydrogen) atoms. The van der Waals surface area contributed by atoms with Gasteiger partial charge in [-0.3, -0.25) is 14.9 Å². The number of carboxylic acids is 1. The van der Waals surface area contributed by atoms with Crippen molar-refractivity contribution >= 4 is 11.9 Å². The van der Waals surface area contributed by atoms with E-state index < -0.39 is 11.5 Å². The molecule has 0 aromatic heterocycles. The van der Waals surface area contributed by atoms with Gasteiger partial charge in [0.15, 0.2) is 0 Å². The molecule has 0 spiro atoms. The first kappa shape index (κ1) is 11.9. The summed E-state index contributed by atoms with van der Waals surface area (Å²) in [4.78, 5) is 21.8. The number of carbonyl (C=O) groups is 2. The third-order valence-corrected chi connectivity index (χ3v) is 2.41. The molecule has 0 radical (unpaired) electrons. The second kappa shape index (κ2) is 5.09. The van der Waals surface area contributed by atoms with Crippen molar-refractivity contribution in [3.63, 3.8) is 0 Å². The van der Waals surface area contributed by atoms with E-state index in [0.29, 0.717) is 19.6 Å². The second-order valence-electron chi connectivity index (χ2n) is 3.76. The number of rotatable bonds is 6. The molecule has 0 unspecified atom stereocenters. The van der Waals surface area contributed by atoms with Gasteiger partial charge in [-0.25, -0.2) is 0 Å². The van der Waals surface area contributed by atoms with Crippen LogP contribution in [0.25, 0.3) is 0 Å². The molecule has 1 heterocycles. The van der Waals surface area contributed by atoms with Gasteiger partial charge in [0.05, 0.1) is 18.5 Å². The van der Waals surface area contributed by atoms with E-state index in [1.54, 1.807) is 0 Å². The highest BCUT2D eigenvalue weighted by Crippen LogP contribution is 2.15. The van der Waals surface area contributed by atoms with Crippen molar-refractivity contribution in [3.05, 3.63) is 0 Å². The Hall–Kier alpha value is -1.14. The van der Waals surface area contributed by atoms with Gasteiger partial charge in [-0.05, 0) is 6.92 Å². The lowest BCUT2D eigenvalue weighted by Gasteiger charge is -2.42. The van der Waals surface area contributed by atoms with Gasteiger partial charge in [-0.2, -0.15) is 0 Å². The third-order valence-electron chi connectivity index (χ3n) is 2.41. The number of carboxylic acid groups (broad SMARTS) is 1. The lowest BCUT2D eigenvalue weighted by atomic mass is 9.88. The highest BCUT2D eigenvalue weighted by molar-refractivity contribution is 5.78. The Balaban J connectivity index is 2.33. The summed E-state index contributed by atoms with van der Waals surface area (Å²) in [7, 11) is 0.